The number of hydrogen-bond donors (Lipinski definition) is 1. The van der Waals surface area contributed by atoms with Gasteiger partial charge in [-0.3, -0.25) is 4.79 Å². The standard InChI is InChI=1S/C20H22Cl2N2O4/c1-13-9-16(5-6-17(13)21)27-7-4-8-28-20-18(22)10-15(11-19(20)26-3)12-23-24-14(2)25/h5-6,9-12H,4,7-8H2,1-3H3,(H,24,25). The minimum atomic E-state index is -0.259. The van der Waals surface area contributed by atoms with Crippen molar-refractivity contribution in [3.05, 3.63) is 51.5 Å². The Kier molecular flexibility index (Phi) is 8.42. The summed E-state index contributed by atoms with van der Waals surface area (Å²) in [4.78, 5) is 10.9. The SMILES string of the molecule is COc1cc(C=NNC(C)=O)cc(Cl)c1OCCCOc1ccc(Cl)c(C)c1. The number of benzene rings is 2. The molecule has 0 heterocycles. The Balaban J connectivity index is 1.89. The minimum absolute atomic E-state index is 0.259. The van der Waals surface area contributed by atoms with E-state index in [1.54, 1.807) is 12.1 Å². The molecular formula is C20H22Cl2N2O4. The lowest BCUT2D eigenvalue weighted by atomic mass is 10.2. The molecule has 28 heavy (non-hydrogen) atoms. The summed E-state index contributed by atoms with van der Waals surface area (Å²) in [5.74, 6) is 1.43. The Bertz CT molecular complexity index is 856. The molecule has 0 aromatic heterocycles. The van der Waals surface area contributed by atoms with Crippen LogP contribution in [0.2, 0.25) is 10.0 Å². The van der Waals surface area contributed by atoms with Gasteiger partial charge < -0.3 is 14.2 Å². The van der Waals surface area contributed by atoms with E-state index in [-0.39, 0.29) is 5.91 Å². The normalized spacial score (nSPS) is 10.8. The molecule has 150 valence electrons. The first-order valence-electron chi connectivity index (χ1n) is 8.59. The van der Waals surface area contributed by atoms with Crippen molar-refractivity contribution in [1.82, 2.24) is 5.43 Å². The molecule has 2 aromatic rings. The lowest BCUT2D eigenvalue weighted by molar-refractivity contribution is -0.118. The number of aryl methyl sites for hydroxylation is 1. The highest BCUT2D eigenvalue weighted by molar-refractivity contribution is 6.32. The van der Waals surface area contributed by atoms with Crippen molar-refractivity contribution < 1.29 is 19.0 Å². The van der Waals surface area contributed by atoms with E-state index in [1.807, 2.05) is 25.1 Å². The molecule has 0 aliphatic rings. The Labute approximate surface area is 174 Å². The molecule has 2 rings (SSSR count). The second kappa shape index (κ2) is 10.8. The van der Waals surface area contributed by atoms with Gasteiger partial charge >= 0.3 is 0 Å². The first-order chi connectivity index (χ1) is 13.4. The molecule has 1 N–H and O–H groups in total. The fourth-order valence-electron chi connectivity index (χ4n) is 2.28. The number of carbonyl (C=O) groups is 1. The van der Waals surface area contributed by atoms with Crippen LogP contribution in [0.5, 0.6) is 17.2 Å². The average molecular weight is 425 g/mol. The molecule has 1 amide bonds. The summed E-state index contributed by atoms with van der Waals surface area (Å²) in [5, 5.41) is 4.91. The number of methoxy groups -OCH3 is 1. The molecule has 6 nitrogen and oxygen atoms in total. The van der Waals surface area contributed by atoms with Gasteiger partial charge in [0.25, 0.3) is 0 Å². The van der Waals surface area contributed by atoms with Crippen LogP contribution in [0.1, 0.15) is 24.5 Å². The number of nitrogens with one attached hydrogen (secondary N) is 1. The Hall–Kier alpha value is -2.44. The van der Waals surface area contributed by atoms with Crippen LogP contribution in [0.25, 0.3) is 0 Å². The smallest absolute Gasteiger partial charge is 0.236 e. The second-order valence-electron chi connectivity index (χ2n) is 5.92. The largest absolute Gasteiger partial charge is 0.493 e. The van der Waals surface area contributed by atoms with E-state index in [1.165, 1.54) is 20.2 Å². The molecule has 8 heteroatoms. The van der Waals surface area contributed by atoms with Crippen LogP contribution in [-0.4, -0.2) is 32.4 Å². The van der Waals surface area contributed by atoms with Crippen molar-refractivity contribution in [2.24, 2.45) is 5.10 Å². The van der Waals surface area contributed by atoms with Gasteiger partial charge in [-0.05, 0) is 48.4 Å². The third-order valence-corrected chi connectivity index (χ3v) is 4.33. The highest BCUT2D eigenvalue weighted by Crippen LogP contribution is 2.36. The first-order valence-corrected chi connectivity index (χ1v) is 9.35. The lowest BCUT2D eigenvalue weighted by Gasteiger charge is -2.13. The first kappa shape index (κ1) is 21.9. The molecule has 0 bridgehead atoms. The minimum Gasteiger partial charge on any atom is -0.493 e. The number of hydrazone groups is 1. The molecule has 0 spiro atoms. The summed E-state index contributed by atoms with van der Waals surface area (Å²) >= 11 is 12.3. The van der Waals surface area contributed by atoms with Crippen molar-refractivity contribution in [1.29, 1.82) is 0 Å². The second-order valence-corrected chi connectivity index (χ2v) is 6.74. The van der Waals surface area contributed by atoms with Crippen molar-refractivity contribution in [2.45, 2.75) is 20.3 Å². The predicted molar refractivity (Wildman–Crippen MR) is 111 cm³/mol. The quantitative estimate of drug-likeness (QED) is 0.361. The van der Waals surface area contributed by atoms with Gasteiger partial charge in [0.15, 0.2) is 11.5 Å². The van der Waals surface area contributed by atoms with E-state index in [4.69, 9.17) is 37.4 Å². The van der Waals surface area contributed by atoms with Crippen molar-refractivity contribution in [3.63, 3.8) is 0 Å². The van der Waals surface area contributed by atoms with E-state index in [0.29, 0.717) is 46.7 Å². The molecule has 0 fully saturated rings. The molecule has 0 saturated carbocycles. The van der Waals surface area contributed by atoms with Crippen molar-refractivity contribution >= 4 is 35.3 Å². The van der Waals surface area contributed by atoms with Crippen LogP contribution in [0, 0.1) is 6.92 Å². The Morgan fingerprint density at radius 2 is 1.89 bits per heavy atom. The fraction of sp³-hybridized carbons (Fsp3) is 0.300. The maximum Gasteiger partial charge on any atom is 0.236 e. The summed E-state index contributed by atoms with van der Waals surface area (Å²) in [5.41, 5.74) is 3.97. The molecule has 0 unspecified atom stereocenters. The van der Waals surface area contributed by atoms with Crippen molar-refractivity contribution in [3.8, 4) is 17.2 Å². The summed E-state index contributed by atoms with van der Waals surface area (Å²) in [7, 11) is 1.53. The van der Waals surface area contributed by atoms with Gasteiger partial charge in [-0.25, -0.2) is 5.43 Å². The molecular weight excluding hydrogens is 403 g/mol. The fourth-order valence-corrected chi connectivity index (χ4v) is 2.67. The molecule has 0 aliphatic carbocycles. The van der Waals surface area contributed by atoms with E-state index in [0.717, 1.165) is 11.3 Å². The maximum absolute atomic E-state index is 10.9. The predicted octanol–water partition coefficient (Wildman–Crippen LogP) is 4.63. The van der Waals surface area contributed by atoms with Gasteiger partial charge in [0.2, 0.25) is 5.91 Å². The molecule has 0 radical (unpaired) electrons. The third-order valence-electron chi connectivity index (χ3n) is 3.62. The van der Waals surface area contributed by atoms with Gasteiger partial charge in [-0.1, -0.05) is 23.2 Å². The van der Waals surface area contributed by atoms with Gasteiger partial charge in [0.05, 0.1) is 31.6 Å². The summed E-state index contributed by atoms with van der Waals surface area (Å²) in [6, 6.07) is 8.93. The summed E-state index contributed by atoms with van der Waals surface area (Å²) in [6.07, 6.45) is 2.13. The maximum atomic E-state index is 10.9. The van der Waals surface area contributed by atoms with Crippen LogP contribution < -0.4 is 19.6 Å². The van der Waals surface area contributed by atoms with E-state index in [9.17, 15) is 4.79 Å². The lowest BCUT2D eigenvalue weighted by Crippen LogP contribution is -2.12. The number of carbonyl (C=O) groups excluding carboxylic acids is 1. The highest BCUT2D eigenvalue weighted by Gasteiger charge is 2.11. The van der Waals surface area contributed by atoms with Crippen LogP contribution >= 0.6 is 23.2 Å². The summed E-state index contributed by atoms with van der Waals surface area (Å²) < 4.78 is 16.8. The number of rotatable bonds is 9. The zero-order chi connectivity index (χ0) is 20.5. The van der Waals surface area contributed by atoms with Crippen LogP contribution in [-0.2, 0) is 4.79 Å². The van der Waals surface area contributed by atoms with E-state index >= 15 is 0 Å². The van der Waals surface area contributed by atoms with Crippen LogP contribution in [0.15, 0.2) is 35.4 Å². The van der Waals surface area contributed by atoms with Gasteiger partial charge in [0.1, 0.15) is 5.75 Å². The highest BCUT2D eigenvalue weighted by atomic mass is 35.5. The molecule has 0 saturated heterocycles. The number of amides is 1. The third kappa shape index (κ3) is 6.62. The molecule has 2 aromatic carbocycles. The van der Waals surface area contributed by atoms with Crippen LogP contribution in [0.3, 0.4) is 0 Å². The van der Waals surface area contributed by atoms with Crippen LogP contribution in [0.4, 0.5) is 0 Å². The molecule has 0 aliphatic heterocycles. The Morgan fingerprint density at radius 3 is 2.57 bits per heavy atom. The number of ether oxygens (including phenoxy) is 3. The Morgan fingerprint density at radius 1 is 1.14 bits per heavy atom. The van der Waals surface area contributed by atoms with Gasteiger partial charge in [-0.2, -0.15) is 5.10 Å². The average Bonchev–Trinajstić information content (AvgIpc) is 2.65. The van der Waals surface area contributed by atoms with E-state index in [2.05, 4.69) is 10.5 Å². The number of halogens is 2. The summed E-state index contributed by atoms with van der Waals surface area (Å²) in [6.45, 7) is 4.20. The number of nitrogens with zero attached hydrogens (tertiary/aromatic N) is 1. The topological polar surface area (TPSA) is 69.2 Å². The zero-order valence-corrected chi connectivity index (χ0v) is 17.4. The monoisotopic (exact) mass is 424 g/mol. The zero-order valence-electron chi connectivity index (χ0n) is 15.9. The number of hydrogen-bond acceptors (Lipinski definition) is 5. The van der Waals surface area contributed by atoms with Gasteiger partial charge in [0, 0.05) is 18.4 Å². The molecule has 0 atom stereocenters. The van der Waals surface area contributed by atoms with Gasteiger partial charge in [-0.15, -0.1) is 0 Å². The van der Waals surface area contributed by atoms with Crippen molar-refractivity contribution in [2.75, 3.05) is 20.3 Å². The van der Waals surface area contributed by atoms with E-state index < -0.39 is 0 Å².